The first-order chi connectivity index (χ1) is 7.22. The van der Waals surface area contributed by atoms with Crippen LogP contribution in [0, 0.1) is 6.92 Å². The van der Waals surface area contributed by atoms with Crippen molar-refractivity contribution >= 4 is 0 Å². The summed E-state index contributed by atoms with van der Waals surface area (Å²) < 4.78 is 5.25. The molecule has 2 heterocycles. The zero-order valence-electron chi connectivity index (χ0n) is 9.47. The average molecular weight is 209 g/mol. The Balaban J connectivity index is 2.25. The van der Waals surface area contributed by atoms with E-state index in [0.717, 1.165) is 18.7 Å². The summed E-state index contributed by atoms with van der Waals surface area (Å²) in [6.07, 6.45) is 2.15. The normalized spacial score (nSPS) is 18.9. The largest absolute Gasteiger partial charge is 0.379 e. The van der Waals surface area contributed by atoms with Gasteiger partial charge in [0.2, 0.25) is 0 Å². The lowest BCUT2D eigenvalue weighted by molar-refractivity contribution is -0.0590. The molecule has 15 heavy (non-hydrogen) atoms. The van der Waals surface area contributed by atoms with Crippen molar-refractivity contribution in [3.63, 3.8) is 0 Å². The Kier molecular flexibility index (Phi) is 2.80. The van der Waals surface area contributed by atoms with E-state index >= 15 is 0 Å². The molecule has 0 unspecified atom stereocenters. The highest BCUT2D eigenvalue weighted by Gasteiger charge is 2.42. The molecule has 0 saturated carbocycles. The zero-order valence-corrected chi connectivity index (χ0v) is 9.47. The van der Waals surface area contributed by atoms with Gasteiger partial charge in [-0.25, -0.2) is 4.98 Å². The highest BCUT2D eigenvalue weighted by molar-refractivity contribution is 5.22. The van der Waals surface area contributed by atoms with Gasteiger partial charge in [0.25, 0.3) is 0 Å². The van der Waals surface area contributed by atoms with Crippen LogP contribution in [0.15, 0.2) is 0 Å². The fourth-order valence-electron chi connectivity index (χ4n) is 1.93. The Morgan fingerprint density at radius 2 is 2.27 bits per heavy atom. The smallest absolute Gasteiger partial charge is 0.118 e. The van der Waals surface area contributed by atoms with E-state index in [-0.39, 0.29) is 5.41 Å². The molecule has 1 aromatic heterocycles. The lowest BCUT2D eigenvalue weighted by atomic mass is 9.85. The number of nitrogens with zero attached hydrogens (tertiary/aromatic N) is 1. The van der Waals surface area contributed by atoms with Gasteiger partial charge in [-0.3, -0.25) is 0 Å². The summed E-state index contributed by atoms with van der Waals surface area (Å²) in [5.41, 5.74) is 8.10. The quantitative estimate of drug-likeness (QED) is 0.774. The van der Waals surface area contributed by atoms with Crippen LogP contribution in [0.3, 0.4) is 0 Å². The number of hydrogen-bond donors (Lipinski definition) is 2. The number of imidazole rings is 1. The van der Waals surface area contributed by atoms with Crippen molar-refractivity contribution in [3.05, 3.63) is 17.2 Å². The molecule has 0 spiro atoms. The Morgan fingerprint density at radius 1 is 1.53 bits per heavy atom. The van der Waals surface area contributed by atoms with E-state index in [1.165, 1.54) is 11.4 Å². The predicted molar refractivity (Wildman–Crippen MR) is 58.9 cm³/mol. The molecule has 4 heteroatoms. The number of nitrogens with one attached hydrogen (secondary N) is 1. The number of aromatic nitrogens is 2. The molecule has 1 fully saturated rings. The first-order valence-corrected chi connectivity index (χ1v) is 5.55. The molecule has 3 N–H and O–H groups in total. The van der Waals surface area contributed by atoms with E-state index < -0.39 is 0 Å². The van der Waals surface area contributed by atoms with Crippen LogP contribution in [0.2, 0.25) is 0 Å². The van der Waals surface area contributed by atoms with Crippen molar-refractivity contribution in [1.82, 2.24) is 9.97 Å². The lowest BCUT2D eigenvalue weighted by Gasteiger charge is -2.38. The second-order valence-corrected chi connectivity index (χ2v) is 4.38. The summed E-state index contributed by atoms with van der Waals surface area (Å²) in [4.78, 5) is 8.00. The number of H-pyrrole nitrogens is 1. The number of aromatic amines is 1. The minimum atomic E-state index is -0.0449. The van der Waals surface area contributed by atoms with Gasteiger partial charge < -0.3 is 15.5 Å². The highest BCUT2D eigenvalue weighted by atomic mass is 16.5. The van der Waals surface area contributed by atoms with Crippen molar-refractivity contribution in [2.75, 3.05) is 19.8 Å². The Morgan fingerprint density at radius 3 is 2.73 bits per heavy atom. The summed E-state index contributed by atoms with van der Waals surface area (Å²) in [6.45, 7) is 6.24. The average Bonchev–Trinajstić information content (AvgIpc) is 2.48. The Bertz CT molecular complexity index is 336. The van der Waals surface area contributed by atoms with Crippen LogP contribution in [0.5, 0.6) is 0 Å². The van der Waals surface area contributed by atoms with Crippen LogP contribution in [0.4, 0.5) is 0 Å². The SMILES string of the molecule is CCCc1nc(C2(CN)COC2)[nH]c1C. The van der Waals surface area contributed by atoms with Crippen LogP contribution >= 0.6 is 0 Å². The van der Waals surface area contributed by atoms with Crippen molar-refractivity contribution in [1.29, 1.82) is 0 Å². The molecule has 2 rings (SSSR count). The van der Waals surface area contributed by atoms with Gasteiger partial charge in [0.05, 0.1) is 24.3 Å². The summed E-state index contributed by atoms with van der Waals surface area (Å²) in [5, 5.41) is 0. The summed E-state index contributed by atoms with van der Waals surface area (Å²) in [5.74, 6) is 1.01. The molecule has 0 bridgehead atoms. The first kappa shape index (κ1) is 10.6. The fourth-order valence-corrected chi connectivity index (χ4v) is 1.93. The van der Waals surface area contributed by atoms with E-state index in [1.54, 1.807) is 0 Å². The third-order valence-corrected chi connectivity index (χ3v) is 3.12. The molecular weight excluding hydrogens is 190 g/mol. The van der Waals surface area contributed by atoms with Crippen molar-refractivity contribution in [2.45, 2.75) is 32.1 Å². The van der Waals surface area contributed by atoms with Gasteiger partial charge >= 0.3 is 0 Å². The van der Waals surface area contributed by atoms with Crippen LogP contribution in [0.25, 0.3) is 0 Å². The van der Waals surface area contributed by atoms with Crippen LogP contribution in [-0.4, -0.2) is 29.7 Å². The Labute approximate surface area is 90.2 Å². The van der Waals surface area contributed by atoms with Gasteiger partial charge in [-0.2, -0.15) is 0 Å². The highest BCUT2D eigenvalue weighted by Crippen LogP contribution is 2.29. The van der Waals surface area contributed by atoms with Crippen LogP contribution < -0.4 is 5.73 Å². The van der Waals surface area contributed by atoms with E-state index in [4.69, 9.17) is 10.5 Å². The van der Waals surface area contributed by atoms with Crippen molar-refractivity contribution in [2.24, 2.45) is 5.73 Å². The molecule has 1 aliphatic rings. The molecule has 0 atom stereocenters. The third-order valence-electron chi connectivity index (χ3n) is 3.12. The fraction of sp³-hybridized carbons (Fsp3) is 0.727. The summed E-state index contributed by atoms with van der Waals surface area (Å²) in [7, 11) is 0. The van der Waals surface area contributed by atoms with Crippen molar-refractivity contribution < 1.29 is 4.74 Å². The first-order valence-electron chi connectivity index (χ1n) is 5.55. The summed E-state index contributed by atoms with van der Waals surface area (Å²) >= 11 is 0. The molecule has 1 aromatic rings. The minimum absolute atomic E-state index is 0.0449. The molecule has 0 aliphatic carbocycles. The molecule has 1 saturated heterocycles. The van der Waals surface area contributed by atoms with Gasteiger partial charge in [-0.15, -0.1) is 0 Å². The Hall–Kier alpha value is -0.870. The molecule has 1 aliphatic heterocycles. The summed E-state index contributed by atoms with van der Waals surface area (Å²) in [6, 6.07) is 0. The van der Waals surface area contributed by atoms with Crippen LogP contribution in [-0.2, 0) is 16.6 Å². The van der Waals surface area contributed by atoms with E-state index in [9.17, 15) is 0 Å². The van der Waals surface area contributed by atoms with Gasteiger partial charge in [-0.1, -0.05) is 13.3 Å². The number of rotatable bonds is 4. The maximum Gasteiger partial charge on any atom is 0.118 e. The maximum atomic E-state index is 5.79. The second-order valence-electron chi connectivity index (χ2n) is 4.38. The van der Waals surface area contributed by atoms with E-state index in [2.05, 4.69) is 23.8 Å². The maximum absolute atomic E-state index is 5.79. The number of ether oxygens (including phenoxy) is 1. The second kappa shape index (κ2) is 3.94. The monoisotopic (exact) mass is 209 g/mol. The minimum Gasteiger partial charge on any atom is -0.379 e. The van der Waals surface area contributed by atoms with Crippen molar-refractivity contribution in [3.8, 4) is 0 Å². The van der Waals surface area contributed by atoms with Gasteiger partial charge in [0.1, 0.15) is 5.82 Å². The third kappa shape index (κ3) is 1.68. The number of aryl methyl sites for hydroxylation is 2. The standard InChI is InChI=1S/C11H19N3O/c1-3-4-9-8(2)13-10(14-9)11(5-12)6-15-7-11/h3-7,12H2,1-2H3,(H,13,14). The topological polar surface area (TPSA) is 63.9 Å². The van der Waals surface area contributed by atoms with E-state index in [0.29, 0.717) is 19.8 Å². The molecule has 4 nitrogen and oxygen atoms in total. The van der Waals surface area contributed by atoms with Gasteiger partial charge in [0.15, 0.2) is 0 Å². The molecule has 0 aromatic carbocycles. The molecule has 0 amide bonds. The van der Waals surface area contributed by atoms with E-state index in [1.807, 2.05) is 0 Å². The number of nitrogens with two attached hydrogens (primary N) is 1. The molecular formula is C11H19N3O. The lowest BCUT2D eigenvalue weighted by Crippen LogP contribution is -2.53. The molecule has 84 valence electrons. The van der Waals surface area contributed by atoms with Gasteiger partial charge in [0, 0.05) is 12.2 Å². The number of hydrogen-bond acceptors (Lipinski definition) is 3. The van der Waals surface area contributed by atoms with Gasteiger partial charge in [-0.05, 0) is 13.3 Å². The van der Waals surface area contributed by atoms with Crippen LogP contribution in [0.1, 0.15) is 30.6 Å². The zero-order chi connectivity index (χ0) is 10.9. The predicted octanol–water partition coefficient (Wildman–Crippen LogP) is 0.897. The molecule has 0 radical (unpaired) electrons.